The van der Waals surface area contributed by atoms with Crippen LogP contribution in [0, 0.1) is 0 Å². The second-order valence-corrected chi connectivity index (χ2v) is 2.95. The van der Waals surface area contributed by atoms with Crippen LogP contribution in [0.5, 0.6) is 5.75 Å². The summed E-state index contributed by atoms with van der Waals surface area (Å²) >= 11 is 0. The molecule has 62 valence electrons. The number of ether oxygens (including phenoxy) is 1. The summed E-state index contributed by atoms with van der Waals surface area (Å²) in [5.41, 5.74) is 2.28. The number of fused-ring (bicyclic) bond motifs is 1. The molecule has 1 aliphatic rings. The highest BCUT2D eigenvalue weighted by molar-refractivity contribution is 5.80. The number of hydrogen-bond acceptors (Lipinski definition) is 2. The van der Waals surface area contributed by atoms with Crippen LogP contribution in [-0.4, -0.2) is 5.97 Å². The smallest absolute Gasteiger partial charge is 0.315 e. The van der Waals surface area contributed by atoms with Gasteiger partial charge in [-0.15, -0.1) is 0 Å². The minimum Gasteiger partial charge on any atom is -0.426 e. The predicted octanol–water partition coefficient (Wildman–Crippen LogP) is 1.71. The molecule has 1 aliphatic heterocycles. The lowest BCUT2D eigenvalue weighted by molar-refractivity contribution is -0.131. The maximum absolute atomic E-state index is 10.9. The SMILES string of the molecule is CCc1ccc2c(c1)CC(=O)O2. The molecule has 1 aromatic rings. The number of aryl methyl sites for hydroxylation is 1. The molecule has 1 aromatic carbocycles. The van der Waals surface area contributed by atoms with E-state index in [0.29, 0.717) is 6.42 Å². The normalized spacial score (nSPS) is 14.2. The Kier molecular flexibility index (Phi) is 1.61. The van der Waals surface area contributed by atoms with E-state index in [0.717, 1.165) is 17.7 Å². The highest BCUT2D eigenvalue weighted by atomic mass is 16.5. The first-order valence-electron chi connectivity index (χ1n) is 4.12. The Bertz CT molecular complexity index is 329. The molecule has 0 aliphatic carbocycles. The van der Waals surface area contributed by atoms with Crippen LogP contribution in [-0.2, 0) is 17.6 Å². The van der Waals surface area contributed by atoms with Gasteiger partial charge in [0, 0.05) is 5.56 Å². The second kappa shape index (κ2) is 2.63. The molecule has 0 N–H and O–H groups in total. The van der Waals surface area contributed by atoms with E-state index in [-0.39, 0.29) is 5.97 Å². The van der Waals surface area contributed by atoms with E-state index in [4.69, 9.17) is 4.74 Å². The predicted molar refractivity (Wildman–Crippen MR) is 45.2 cm³/mol. The van der Waals surface area contributed by atoms with Crippen molar-refractivity contribution < 1.29 is 9.53 Å². The van der Waals surface area contributed by atoms with E-state index in [9.17, 15) is 4.79 Å². The number of rotatable bonds is 1. The third-order valence-electron chi connectivity index (χ3n) is 2.09. The Hall–Kier alpha value is -1.31. The summed E-state index contributed by atoms with van der Waals surface area (Å²) in [6, 6.07) is 5.91. The first-order chi connectivity index (χ1) is 5.79. The summed E-state index contributed by atoms with van der Waals surface area (Å²) in [6.07, 6.45) is 1.44. The maximum Gasteiger partial charge on any atom is 0.315 e. The van der Waals surface area contributed by atoms with E-state index in [1.807, 2.05) is 18.2 Å². The Balaban J connectivity index is 2.41. The molecule has 0 aromatic heterocycles. The molecule has 2 heteroatoms. The fourth-order valence-electron chi connectivity index (χ4n) is 1.40. The van der Waals surface area contributed by atoms with Crippen LogP contribution in [0.3, 0.4) is 0 Å². The van der Waals surface area contributed by atoms with Crippen LogP contribution in [0.25, 0.3) is 0 Å². The van der Waals surface area contributed by atoms with Crippen molar-refractivity contribution in [3.8, 4) is 5.75 Å². The second-order valence-electron chi connectivity index (χ2n) is 2.95. The van der Waals surface area contributed by atoms with E-state index >= 15 is 0 Å². The summed E-state index contributed by atoms with van der Waals surface area (Å²) in [4.78, 5) is 10.9. The monoisotopic (exact) mass is 162 g/mol. The maximum atomic E-state index is 10.9. The first kappa shape index (κ1) is 7.35. The van der Waals surface area contributed by atoms with Gasteiger partial charge in [-0.3, -0.25) is 4.79 Å². The van der Waals surface area contributed by atoms with Crippen LogP contribution in [0.2, 0.25) is 0 Å². The van der Waals surface area contributed by atoms with Gasteiger partial charge in [-0.05, 0) is 18.1 Å². The largest absolute Gasteiger partial charge is 0.426 e. The summed E-state index contributed by atoms with van der Waals surface area (Å²) < 4.78 is 4.97. The summed E-state index contributed by atoms with van der Waals surface area (Å²) in [5, 5.41) is 0. The summed E-state index contributed by atoms with van der Waals surface area (Å²) in [6.45, 7) is 2.10. The molecule has 0 amide bonds. The molecule has 2 rings (SSSR count). The standard InChI is InChI=1S/C10H10O2/c1-2-7-3-4-9-8(5-7)6-10(11)12-9/h3-5H,2,6H2,1H3. The Labute approximate surface area is 71.2 Å². The molecule has 0 saturated heterocycles. The van der Waals surface area contributed by atoms with Crippen molar-refractivity contribution in [2.24, 2.45) is 0 Å². The molecule has 0 saturated carbocycles. The first-order valence-corrected chi connectivity index (χ1v) is 4.12. The van der Waals surface area contributed by atoms with Gasteiger partial charge in [-0.25, -0.2) is 0 Å². The van der Waals surface area contributed by atoms with Crippen molar-refractivity contribution >= 4 is 5.97 Å². The zero-order valence-corrected chi connectivity index (χ0v) is 6.96. The highest BCUT2D eigenvalue weighted by Gasteiger charge is 2.19. The highest BCUT2D eigenvalue weighted by Crippen LogP contribution is 2.26. The molecule has 0 atom stereocenters. The van der Waals surface area contributed by atoms with Crippen LogP contribution in [0.1, 0.15) is 18.1 Å². The average Bonchev–Trinajstić information content (AvgIpc) is 2.43. The third kappa shape index (κ3) is 1.09. The lowest BCUT2D eigenvalue weighted by Gasteiger charge is -1.98. The molecule has 12 heavy (non-hydrogen) atoms. The van der Waals surface area contributed by atoms with Crippen molar-refractivity contribution in [2.75, 3.05) is 0 Å². The number of benzene rings is 1. The number of esters is 1. The lowest BCUT2D eigenvalue weighted by atomic mass is 10.1. The van der Waals surface area contributed by atoms with Crippen molar-refractivity contribution in [2.45, 2.75) is 19.8 Å². The Morgan fingerprint density at radius 1 is 1.50 bits per heavy atom. The molecule has 2 nitrogen and oxygen atoms in total. The fourth-order valence-corrected chi connectivity index (χ4v) is 1.40. The van der Waals surface area contributed by atoms with E-state index in [1.165, 1.54) is 5.56 Å². The van der Waals surface area contributed by atoms with E-state index < -0.39 is 0 Å². The molecule has 0 spiro atoms. The topological polar surface area (TPSA) is 26.3 Å². The van der Waals surface area contributed by atoms with Crippen LogP contribution >= 0.6 is 0 Å². The molecular formula is C10H10O2. The van der Waals surface area contributed by atoms with Crippen molar-refractivity contribution in [1.82, 2.24) is 0 Å². The van der Waals surface area contributed by atoms with Gasteiger partial charge >= 0.3 is 5.97 Å². The van der Waals surface area contributed by atoms with Gasteiger partial charge in [0.1, 0.15) is 5.75 Å². The van der Waals surface area contributed by atoms with Crippen LogP contribution in [0.15, 0.2) is 18.2 Å². The number of hydrogen-bond donors (Lipinski definition) is 0. The summed E-state index contributed by atoms with van der Waals surface area (Å²) in [7, 11) is 0. The third-order valence-corrected chi connectivity index (χ3v) is 2.09. The van der Waals surface area contributed by atoms with Crippen LogP contribution < -0.4 is 4.74 Å². The minimum atomic E-state index is -0.141. The van der Waals surface area contributed by atoms with Gasteiger partial charge in [0.05, 0.1) is 6.42 Å². The molecule has 1 heterocycles. The minimum absolute atomic E-state index is 0.141. The van der Waals surface area contributed by atoms with E-state index in [2.05, 4.69) is 6.92 Å². The quantitative estimate of drug-likeness (QED) is 0.464. The molecule has 0 bridgehead atoms. The lowest BCUT2D eigenvalue weighted by Crippen LogP contribution is -2.00. The number of carbonyl (C=O) groups is 1. The summed E-state index contributed by atoms with van der Waals surface area (Å²) in [5.74, 6) is 0.593. The van der Waals surface area contributed by atoms with Gasteiger partial charge in [-0.1, -0.05) is 19.1 Å². The van der Waals surface area contributed by atoms with Gasteiger partial charge in [0.25, 0.3) is 0 Å². The van der Waals surface area contributed by atoms with Crippen molar-refractivity contribution in [3.05, 3.63) is 29.3 Å². The molecular weight excluding hydrogens is 152 g/mol. The molecule has 0 unspecified atom stereocenters. The van der Waals surface area contributed by atoms with Gasteiger partial charge in [0.15, 0.2) is 0 Å². The van der Waals surface area contributed by atoms with Gasteiger partial charge in [0.2, 0.25) is 0 Å². The number of carbonyl (C=O) groups excluding carboxylic acids is 1. The van der Waals surface area contributed by atoms with Crippen molar-refractivity contribution in [1.29, 1.82) is 0 Å². The molecule has 0 radical (unpaired) electrons. The Morgan fingerprint density at radius 3 is 3.08 bits per heavy atom. The Morgan fingerprint density at radius 2 is 2.33 bits per heavy atom. The zero-order chi connectivity index (χ0) is 8.55. The zero-order valence-electron chi connectivity index (χ0n) is 6.96. The van der Waals surface area contributed by atoms with Gasteiger partial charge in [-0.2, -0.15) is 0 Å². The van der Waals surface area contributed by atoms with Crippen molar-refractivity contribution in [3.63, 3.8) is 0 Å². The average molecular weight is 162 g/mol. The van der Waals surface area contributed by atoms with Gasteiger partial charge < -0.3 is 4.74 Å². The fraction of sp³-hybridized carbons (Fsp3) is 0.300. The van der Waals surface area contributed by atoms with E-state index in [1.54, 1.807) is 0 Å². The van der Waals surface area contributed by atoms with Crippen LogP contribution in [0.4, 0.5) is 0 Å². The molecule has 0 fully saturated rings.